The molecule has 1 atom stereocenters. The van der Waals surface area contributed by atoms with Gasteiger partial charge in [-0.3, -0.25) is 0 Å². The van der Waals surface area contributed by atoms with Crippen LogP contribution in [0, 0.1) is 17.2 Å². The van der Waals surface area contributed by atoms with E-state index in [1.54, 1.807) is 24.4 Å². The van der Waals surface area contributed by atoms with Crippen molar-refractivity contribution < 1.29 is 22.3 Å². The van der Waals surface area contributed by atoms with E-state index in [9.17, 15) is 13.2 Å². The molecule has 1 aliphatic heterocycles. The number of fused-ring (bicyclic) bond motifs is 1. The van der Waals surface area contributed by atoms with E-state index >= 15 is 4.39 Å². The lowest BCUT2D eigenvalue weighted by Gasteiger charge is -2.15. The first kappa shape index (κ1) is 25.9. The van der Waals surface area contributed by atoms with Crippen LogP contribution in [-0.2, 0) is 27.6 Å². The minimum absolute atomic E-state index is 0.0147. The predicted molar refractivity (Wildman–Crippen MR) is 141 cm³/mol. The number of benzene rings is 1. The zero-order valence-electron chi connectivity index (χ0n) is 21.3. The number of nitrogens with zero attached hydrogens (tertiary/aromatic N) is 2. The minimum atomic E-state index is -4.22. The summed E-state index contributed by atoms with van der Waals surface area (Å²) in [5.41, 5.74) is 1.58. The second kappa shape index (κ2) is 9.87. The summed E-state index contributed by atoms with van der Waals surface area (Å²) in [6, 6.07) is 6.52. The first-order valence-electron chi connectivity index (χ1n) is 12.7. The van der Waals surface area contributed by atoms with Crippen LogP contribution in [0.3, 0.4) is 0 Å². The van der Waals surface area contributed by atoms with E-state index in [0.29, 0.717) is 35.4 Å². The van der Waals surface area contributed by atoms with Crippen molar-refractivity contribution in [2.45, 2.75) is 69.5 Å². The van der Waals surface area contributed by atoms with Crippen molar-refractivity contribution in [1.29, 1.82) is 0 Å². The maximum Gasteiger partial charge on any atom is 0.421 e. The number of hydrogen-bond acceptors (Lipinski definition) is 6. The van der Waals surface area contributed by atoms with Gasteiger partial charge in [0, 0.05) is 34.8 Å². The van der Waals surface area contributed by atoms with E-state index in [1.807, 2.05) is 24.6 Å². The fourth-order valence-electron chi connectivity index (χ4n) is 4.86. The third-order valence-corrected chi connectivity index (χ3v) is 10.3. The molecule has 2 aliphatic rings. The van der Waals surface area contributed by atoms with Gasteiger partial charge in [0.15, 0.2) is 0 Å². The van der Waals surface area contributed by atoms with Gasteiger partial charge in [0.1, 0.15) is 15.9 Å². The number of thiophene rings is 1. The van der Waals surface area contributed by atoms with E-state index in [1.165, 1.54) is 6.07 Å². The van der Waals surface area contributed by atoms with Crippen molar-refractivity contribution in [3.8, 4) is 11.1 Å². The van der Waals surface area contributed by atoms with E-state index in [4.69, 9.17) is 4.74 Å². The molecule has 1 aromatic carbocycles. The van der Waals surface area contributed by atoms with Crippen LogP contribution in [0.5, 0.6) is 0 Å². The summed E-state index contributed by atoms with van der Waals surface area (Å²) in [5, 5.41) is 0. The molecule has 0 radical (unpaired) electrons. The number of carbonyl (C=O) groups is 1. The second-order valence-corrected chi connectivity index (χ2v) is 13.9. The van der Waals surface area contributed by atoms with E-state index in [-0.39, 0.29) is 22.3 Å². The number of ether oxygens (including phenoxy) is 1. The van der Waals surface area contributed by atoms with Gasteiger partial charge in [-0.25, -0.2) is 27.3 Å². The molecule has 10 heteroatoms. The SMILES string of the molecule is CC(C)Cc1cc(-c2ccc([C@@H]3CCc4nccn43)c(F)c2)c(S(=O)(=O)NC(=O)OCCC2(C)CC2)s1. The second-order valence-electron chi connectivity index (χ2n) is 10.9. The van der Waals surface area contributed by atoms with Crippen LogP contribution in [0.4, 0.5) is 9.18 Å². The van der Waals surface area contributed by atoms with Crippen molar-refractivity contribution >= 4 is 27.5 Å². The molecule has 0 unspecified atom stereocenters. The molecule has 2 aromatic heterocycles. The predicted octanol–water partition coefficient (Wildman–Crippen LogP) is 6.09. The Morgan fingerprint density at radius 3 is 2.81 bits per heavy atom. The molecule has 3 aromatic rings. The van der Waals surface area contributed by atoms with Crippen LogP contribution in [-0.4, -0.2) is 30.7 Å². The number of halogens is 1. The van der Waals surface area contributed by atoms with Crippen LogP contribution in [0.1, 0.15) is 68.8 Å². The number of carbonyl (C=O) groups excluding carboxylic acids is 1. The molecule has 1 N–H and O–H groups in total. The molecular weight excluding hydrogens is 513 g/mol. The smallest absolute Gasteiger partial charge is 0.421 e. The van der Waals surface area contributed by atoms with Gasteiger partial charge in [-0.15, -0.1) is 11.3 Å². The molecule has 0 saturated heterocycles. The third-order valence-electron chi connectivity index (χ3n) is 7.26. The number of rotatable bonds is 9. The van der Waals surface area contributed by atoms with Gasteiger partial charge in [-0.05, 0) is 61.1 Å². The monoisotopic (exact) mass is 545 g/mol. The molecule has 1 saturated carbocycles. The number of aromatic nitrogens is 2. The summed E-state index contributed by atoms with van der Waals surface area (Å²) in [6.45, 7) is 6.37. The number of nitrogens with one attached hydrogen (secondary N) is 1. The molecule has 5 rings (SSSR count). The molecule has 1 amide bonds. The number of aryl methyl sites for hydroxylation is 1. The average Bonchev–Trinajstić information content (AvgIpc) is 3.19. The average molecular weight is 546 g/mol. The molecule has 1 fully saturated rings. The van der Waals surface area contributed by atoms with Crippen molar-refractivity contribution in [2.75, 3.05) is 6.61 Å². The van der Waals surface area contributed by atoms with Gasteiger partial charge in [-0.2, -0.15) is 0 Å². The molecular formula is C27H32FN3O4S2. The summed E-state index contributed by atoms with van der Waals surface area (Å²) in [4.78, 5) is 17.5. The Bertz CT molecular complexity index is 1420. The Morgan fingerprint density at radius 2 is 2.11 bits per heavy atom. The standard InChI is InChI=1S/C27H32FN3O4S2/c1-17(2)14-19-16-21(25(36-19)37(33,34)30-26(32)35-13-10-27(3)8-9-27)18-4-5-20(22(28)15-18)23-6-7-24-29-11-12-31(23)24/h4-5,11-12,15-17,23H,6-10,13-14H2,1-3H3,(H,30,32)/t23-/m0/s1. The summed E-state index contributed by atoms with van der Waals surface area (Å²) in [7, 11) is -4.22. The zero-order valence-corrected chi connectivity index (χ0v) is 22.9. The first-order valence-corrected chi connectivity index (χ1v) is 15.0. The topological polar surface area (TPSA) is 90.3 Å². The van der Waals surface area contributed by atoms with Gasteiger partial charge in [0.25, 0.3) is 10.0 Å². The molecule has 0 bridgehead atoms. The number of sulfonamides is 1. The molecule has 7 nitrogen and oxygen atoms in total. The number of hydrogen-bond donors (Lipinski definition) is 1. The minimum Gasteiger partial charge on any atom is -0.449 e. The first-order chi connectivity index (χ1) is 17.5. The quantitative estimate of drug-likeness (QED) is 0.351. The number of amides is 1. The lowest BCUT2D eigenvalue weighted by molar-refractivity contribution is 0.144. The fourth-order valence-corrected chi connectivity index (χ4v) is 7.70. The highest BCUT2D eigenvalue weighted by atomic mass is 32.2. The highest BCUT2D eigenvalue weighted by Crippen LogP contribution is 2.48. The van der Waals surface area contributed by atoms with Crippen molar-refractivity contribution in [3.63, 3.8) is 0 Å². The summed E-state index contributed by atoms with van der Waals surface area (Å²) >= 11 is 1.10. The van der Waals surface area contributed by atoms with E-state index in [2.05, 4.69) is 16.6 Å². The Hall–Kier alpha value is -2.72. The molecule has 3 heterocycles. The van der Waals surface area contributed by atoms with Gasteiger partial charge in [0.2, 0.25) is 0 Å². The Labute approximate surface area is 221 Å². The van der Waals surface area contributed by atoms with Crippen molar-refractivity contribution in [2.24, 2.45) is 11.3 Å². The summed E-state index contributed by atoms with van der Waals surface area (Å²) in [6.07, 6.45) is 7.69. The normalized spacial score (nSPS) is 18.1. The maximum absolute atomic E-state index is 15.4. The van der Waals surface area contributed by atoms with E-state index in [0.717, 1.165) is 47.7 Å². The van der Waals surface area contributed by atoms with Crippen LogP contribution < -0.4 is 4.72 Å². The van der Waals surface area contributed by atoms with Crippen LogP contribution in [0.25, 0.3) is 11.1 Å². The van der Waals surface area contributed by atoms with Crippen molar-refractivity contribution in [1.82, 2.24) is 14.3 Å². The van der Waals surface area contributed by atoms with Crippen LogP contribution in [0.15, 0.2) is 40.9 Å². The molecule has 37 heavy (non-hydrogen) atoms. The highest BCUT2D eigenvalue weighted by molar-refractivity contribution is 7.92. The molecule has 198 valence electrons. The molecule has 0 spiro atoms. The fraction of sp³-hybridized carbons (Fsp3) is 0.481. The third kappa shape index (κ3) is 5.60. The zero-order chi connectivity index (χ0) is 26.4. The Kier molecular flexibility index (Phi) is 6.91. The molecule has 1 aliphatic carbocycles. The van der Waals surface area contributed by atoms with Crippen LogP contribution >= 0.6 is 11.3 Å². The Balaban J connectivity index is 1.41. The van der Waals surface area contributed by atoms with Gasteiger partial charge in [-0.1, -0.05) is 32.9 Å². The lowest BCUT2D eigenvalue weighted by atomic mass is 9.99. The van der Waals surface area contributed by atoms with Gasteiger partial charge < -0.3 is 9.30 Å². The number of imidazole rings is 1. The lowest BCUT2D eigenvalue weighted by Crippen LogP contribution is -2.31. The van der Waals surface area contributed by atoms with Crippen LogP contribution in [0.2, 0.25) is 0 Å². The summed E-state index contributed by atoms with van der Waals surface area (Å²) in [5.74, 6) is 0.835. The Morgan fingerprint density at radius 1 is 1.32 bits per heavy atom. The van der Waals surface area contributed by atoms with Gasteiger partial charge >= 0.3 is 6.09 Å². The maximum atomic E-state index is 15.4. The van der Waals surface area contributed by atoms with E-state index < -0.39 is 21.9 Å². The van der Waals surface area contributed by atoms with Gasteiger partial charge in [0.05, 0.1) is 12.6 Å². The summed E-state index contributed by atoms with van der Waals surface area (Å²) < 4.78 is 51.1. The largest absolute Gasteiger partial charge is 0.449 e. The highest BCUT2D eigenvalue weighted by Gasteiger charge is 2.37. The van der Waals surface area contributed by atoms with Crippen molar-refractivity contribution in [3.05, 3.63) is 58.7 Å².